The third kappa shape index (κ3) is 4.58. The predicted molar refractivity (Wildman–Crippen MR) is 91.8 cm³/mol. The van der Waals surface area contributed by atoms with Crippen LogP contribution >= 0.6 is 0 Å². The van der Waals surface area contributed by atoms with Crippen molar-refractivity contribution in [1.82, 2.24) is 4.72 Å². The van der Waals surface area contributed by atoms with Crippen molar-refractivity contribution in [3.05, 3.63) is 59.7 Å². The van der Waals surface area contributed by atoms with Gasteiger partial charge in [-0.05, 0) is 24.1 Å². The van der Waals surface area contributed by atoms with Gasteiger partial charge in [-0.2, -0.15) is 4.72 Å². The van der Waals surface area contributed by atoms with Crippen molar-refractivity contribution in [1.29, 1.82) is 0 Å². The standard InChI is InChI=1S/C17H17NO7S/c1-25-15-10-12(7-8-13(15)16(19)20)26(23,24)18-14(17(21)22)9-11-5-3-2-4-6-11/h2-8,10,14,18H,9H2,1H3,(H,19,20)(H,21,22). The third-order valence-electron chi connectivity index (χ3n) is 3.59. The third-order valence-corrected chi connectivity index (χ3v) is 5.06. The molecule has 26 heavy (non-hydrogen) atoms. The number of hydrogen-bond acceptors (Lipinski definition) is 5. The van der Waals surface area contributed by atoms with Crippen LogP contribution in [-0.4, -0.2) is 43.7 Å². The number of ether oxygens (including phenoxy) is 1. The van der Waals surface area contributed by atoms with E-state index < -0.39 is 28.0 Å². The monoisotopic (exact) mass is 379 g/mol. The summed E-state index contributed by atoms with van der Waals surface area (Å²) in [4.78, 5) is 22.2. The van der Waals surface area contributed by atoms with Crippen LogP contribution in [0.4, 0.5) is 0 Å². The van der Waals surface area contributed by atoms with Gasteiger partial charge in [-0.3, -0.25) is 4.79 Å². The molecule has 8 nitrogen and oxygen atoms in total. The lowest BCUT2D eigenvalue weighted by Gasteiger charge is -2.16. The van der Waals surface area contributed by atoms with E-state index in [1.807, 2.05) is 0 Å². The number of rotatable bonds is 8. The number of hydrogen-bond donors (Lipinski definition) is 3. The second-order valence-corrected chi connectivity index (χ2v) is 7.08. The molecule has 0 spiro atoms. The highest BCUT2D eigenvalue weighted by Gasteiger charge is 2.27. The first-order valence-corrected chi connectivity index (χ1v) is 8.93. The number of benzene rings is 2. The maximum Gasteiger partial charge on any atom is 0.339 e. The maximum absolute atomic E-state index is 12.5. The van der Waals surface area contributed by atoms with E-state index in [-0.39, 0.29) is 22.6 Å². The van der Waals surface area contributed by atoms with Crippen LogP contribution in [-0.2, 0) is 21.2 Å². The Labute approximate surface area is 150 Å². The molecule has 0 aliphatic carbocycles. The number of sulfonamides is 1. The Morgan fingerprint density at radius 2 is 1.77 bits per heavy atom. The van der Waals surface area contributed by atoms with Gasteiger partial charge in [0.25, 0.3) is 0 Å². The molecule has 9 heteroatoms. The Balaban J connectivity index is 2.30. The van der Waals surface area contributed by atoms with Gasteiger partial charge in [0.2, 0.25) is 10.0 Å². The molecule has 0 saturated carbocycles. The second kappa shape index (κ2) is 7.98. The molecule has 1 atom stereocenters. The molecule has 2 aromatic rings. The summed E-state index contributed by atoms with van der Waals surface area (Å²) in [5, 5.41) is 18.4. The van der Waals surface area contributed by atoms with E-state index in [1.165, 1.54) is 7.11 Å². The van der Waals surface area contributed by atoms with Gasteiger partial charge >= 0.3 is 11.9 Å². The summed E-state index contributed by atoms with van der Waals surface area (Å²) in [5.41, 5.74) is 0.451. The largest absolute Gasteiger partial charge is 0.496 e. The Morgan fingerprint density at radius 1 is 1.12 bits per heavy atom. The Kier molecular flexibility index (Phi) is 5.96. The zero-order valence-electron chi connectivity index (χ0n) is 13.7. The van der Waals surface area contributed by atoms with Gasteiger partial charge in [0.15, 0.2) is 0 Å². The fraction of sp³-hybridized carbons (Fsp3) is 0.176. The average molecular weight is 379 g/mol. The highest BCUT2D eigenvalue weighted by atomic mass is 32.2. The van der Waals surface area contributed by atoms with Crippen molar-refractivity contribution in [3.8, 4) is 5.75 Å². The van der Waals surface area contributed by atoms with Crippen LogP contribution in [0, 0.1) is 0 Å². The molecule has 0 aromatic heterocycles. The zero-order valence-corrected chi connectivity index (χ0v) is 14.6. The van der Waals surface area contributed by atoms with Crippen LogP contribution in [0.1, 0.15) is 15.9 Å². The van der Waals surface area contributed by atoms with Crippen LogP contribution in [0.3, 0.4) is 0 Å². The molecule has 0 radical (unpaired) electrons. The van der Waals surface area contributed by atoms with Gasteiger partial charge in [0, 0.05) is 6.07 Å². The van der Waals surface area contributed by atoms with Crippen LogP contribution in [0.5, 0.6) is 5.75 Å². The van der Waals surface area contributed by atoms with Crippen LogP contribution in [0.15, 0.2) is 53.4 Å². The summed E-state index contributed by atoms with van der Waals surface area (Å²) in [6.07, 6.45) is -0.0419. The van der Waals surface area contributed by atoms with Gasteiger partial charge in [-0.1, -0.05) is 30.3 Å². The molecule has 0 aliphatic heterocycles. The van der Waals surface area contributed by atoms with E-state index in [9.17, 15) is 23.1 Å². The molecule has 0 heterocycles. The van der Waals surface area contributed by atoms with Crippen LogP contribution < -0.4 is 9.46 Å². The van der Waals surface area contributed by atoms with Gasteiger partial charge in [0.05, 0.1) is 12.0 Å². The minimum absolute atomic E-state index is 0.0419. The SMILES string of the molecule is COc1cc(S(=O)(=O)NC(Cc2ccccc2)C(=O)O)ccc1C(=O)O. The Bertz CT molecular complexity index is 910. The van der Waals surface area contributed by atoms with E-state index in [4.69, 9.17) is 9.84 Å². The Hall–Kier alpha value is -2.91. The molecule has 138 valence electrons. The van der Waals surface area contributed by atoms with E-state index >= 15 is 0 Å². The molecule has 0 fully saturated rings. The zero-order chi connectivity index (χ0) is 19.3. The van der Waals surface area contributed by atoms with Crippen molar-refractivity contribution in [3.63, 3.8) is 0 Å². The van der Waals surface area contributed by atoms with Crippen LogP contribution in [0.25, 0.3) is 0 Å². The predicted octanol–water partition coefficient (Wildman–Crippen LogP) is 1.37. The summed E-state index contributed by atoms with van der Waals surface area (Å²) in [6, 6.07) is 10.4. The molecule has 1 unspecified atom stereocenters. The van der Waals surface area contributed by atoms with E-state index in [2.05, 4.69) is 4.72 Å². The molecular weight excluding hydrogens is 362 g/mol. The van der Waals surface area contributed by atoms with Crippen molar-refractivity contribution >= 4 is 22.0 Å². The number of carboxylic acids is 2. The summed E-state index contributed by atoms with van der Waals surface area (Å²) in [6.45, 7) is 0. The van der Waals surface area contributed by atoms with E-state index in [0.29, 0.717) is 5.56 Å². The average Bonchev–Trinajstić information content (AvgIpc) is 2.61. The topological polar surface area (TPSA) is 130 Å². The lowest BCUT2D eigenvalue weighted by molar-refractivity contribution is -0.138. The first kappa shape index (κ1) is 19.4. The number of methoxy groups -OCH3 is 1. The molecular formula is C17H17NO7S. The lowest BCUT2D eigenvalue weighted by Crippen LogP contribution is -2.42. The lowest BCUT2D eigenvalue weighted by atomic mass is 10.1. The van der Waals surface area contributed by atoms with Crippen molar-refractivity contribution in [2.45, 2.75) is 17.4 Å². The molecule has 0 bridgehead atoms. The Morgan fingerprint density at radius 3 is 2.31 bits per heavy atom. The van der Waals surface area contributed by atoms with Crippen molar-refractivity contribution < 1.29 is 33.0 Å². The summed E-state index contributed by atoms with van der Waals surface area (Å²) < 4.78 is 32.0. The highest BCUT2D eigenvalue weighted by molar-refractivity contribution is 7.89. The number of nitrogens with one attached hydrogen (secondary N) is 1. The van der Waals surface area contributed by atoms with E-state index in [1.54, 1.807) is 30.3 Å². The second-order valence-electron chi connectivity index (χ2n) is 5.37. The van der Waals surface area contributed by atoms with E-state index in [0.717, 1.165) is 18.2 Å². The first-order valence-electron chi connectivity index (χ1n) is 7.45. The fourth-order valence-electron chi connectivity index (χ4n) is 2.30. The molecule has 0 aliphatic rings. The molecule has 2 rings (SSSR count). The number of aromatic carboxylic acids is 1. The first-order chi connectivity index (χ1) is 12.2. The number of carbonyl (C=O) groups is 2. The maximum atomic E-state index is 12.5. The minimum atomic E-state index is -4.20. The summed E-state index contributed by atoms with van der Waals surface area (Å²) >= 11 is 0. The van der Waals surface area contributed by atoms with Gasteiger partial charge in [0.1, 0.15) is 17.4 Å². The minimum Gasteiger partial charge on any atom is -0.496 e. The highest BCUT2D eigenvalue weighted by Crippen LogP contribution is 2.23. The van der Waals surface area contributed by atoms with Gasteiger partial charge < -0.3 is 14.9 Å². The van der Waals surface area contributed by atoms with Crippen LogP contribution in [0.2, 0.25) is 0 Å². The van der Waals surface area contributed by atoms with Gasteiger partial charge in [-0.25, -0.2) is 13.2 Å². The summed E-state index contributed by atoms with van der Waals surface area (Å²) in [7, 11) is -2.99. The molecule has 0 amide bonds. The quantitative estimate of drug-likeness (QED) is 0.631. The smallest absolute Gasteiger partial charge is 0.339 e. The molecule has 0 saturated heterocycles. The van der Waals surface area contributed by atoms with Crippen molar-refractivity contribution in [2.75, 3.05) is 7.11 Å². The summed E-state index contributed by atoms with van der Waals surface area (Å²) in [5.74, 6) is -2.74. The van der Waals surface area contributed by atoms with Crippen molar-refractivity contribution in [2.24, 2.45) is 0 Å². The number of carboxylic acid groups (broad SMARTS) is 2. The fourth-order valence-corrected chi connectivity index (χ4v) is 3.50. The number of aliphatic carboxylic acids is 1. The molecule has 3 N–H and O–H groups in total. The normalized spacial score (nSPS) is 12.3. The van der Waals surface area contributed by atoms with Gasteiger partial charge in [-0.15, -0.1) is 0 Å². The molecule has 2 aromatic carbocycles.